The first kappa shape index (κ1) is 23.7. The Morgan fingerprint density at radius 3 is 2.38 bits per heavy atom. The number of thioether (sulfide) groups is 1. The molecule has 1 aromatic heterocycles. The number of H-pyrrole nitrogens is 1. The number of hydrogen-bond donors (Lipinski definition) is 1. The zero-order valence-corrected chi connectivity index (χ0v) is 22.1. The van der Waals surface area contributed by atoms with E-state index in [0.717, 1.165) is 43.4 Å². The minimum atomic E-state index is -4.57. The number of rotatable bonds is 2. The number of carbonyl (C=O) groups excluding carboxylic acids is 2. The Kier molecular flexibility index (Phi) is 5.17. The number of nitrogens with zero attached hydrogens (tertiary/aromatic N) is 1. The lowest BCUT2D eigenvalue weighted by Crippen LogP contribution is -2.42. The first-order chi connectivity index (χ1) is 17.6. The molecule has 0 radical (unpaired) electrons. The first-order valence-corrected chi connectivity index (χ1v) is 14.3. The molecule has 3 fully saturated rings. The van der Waals surface area contributed by atoms with Gasteiger partial charge in [0.05, 0.1) is 28.1 Å². The summed E-state index contributed by atoms with van der Waals surface area (Å²) in [6, 6.07) is 12.4. The zero-order valence-electron chi connectivity index (χ0n) is 18.9. The van der Waals surface area contributed by atoms with E-state index in [0.29, 0.717) is 0 Å². The maximum absolute atomic E-state index is 13.7. The molecule has 11 heteroatoms. The Bertz CT molecular complexity index is 1520. The lowest BCUT2D eigenvalue weighted by Gasteiger charge is -2.43. The van der Waals surface area contributed by atoms with Crippen LogP contribution in [0.25, 0.3) is 0 Å². The van der Waals surface area contributed by atoms with Gasteiger partial charge in [0.1, 0.15) is 0 Å². The SMILES string of the molecule is O=C1[C@H]2[C@H]3C[C@@H]([C@@H]2C(=O)N1c1cccc(C(F)(F)F)c1)[C@H]1[C@H](c2ccc(Br)cc2)c2sc(=O)[nH]c2S[C@H]31. The molecule has 0 unspecified atom stereocenters. The topological polar surface area (TPSA) is 70.2 Å². The molecule has 5 nitrogen and oxygen atoms in total. The molecule has 2 bridgehead atoms. The number of alkyl halides is 3. The molecular weight excluding hydrogens is 589 g/mol. The van der Waals surface area contributed by atoms with Gasteiger partial charge < -0.3 is 4.98 Å². The fraction of sp³-hybridized carbons (Fsp3) is 0.346. The van der Waals surface area contributed by atoms with Crippen molar-refractivity contribution in [2.45, 2.75) is 28.8 Å². The number of aromatic nitrogens is 1. The Balaban J connectivity index is 1.30. The Morgan fingerprint density at radius 2 is 1.68 bits per heavy atom. The lowest BCUT2D eigenvalue weighted by atomic mass is 9.68. The van der Waals surface area contributed by atoms with Crippen LogP contribution < -0.4 is 9.77 Å². The van der Waals surface area contributed by atoms with Crippen molar-refractivity contribution in [1.82, 2.24) is 4.98 Å². The minimum absolute atomic E-state index is 0.0239. The third kappa shape index (κ3) is 3.39. The summed E-state index contributed by atoms with van der Waals surface area (Å²) < 4.78 is 41.0. The zero-order chi connectivity index (χ0) is 25.8. The van der Waals surface area contributed by atoms with Crippen molar-refractivity contribution in [3.05, 3.63) is 78.7 Å². The van der Waals surface area contributed by atoms with Crippen LogP contribution in [0.3, 0.4) is 0 Å². The third-order valence-electron chi connectivity index (χ3n) is 8.38. The number of hydrogen-bond acceptors (Lipinski definition) is 5. The second-order valence-electron chi connectivity index (χ2n) is 10.1. The normalized spacial score (nSPS) is 32.0. The Morgan fingerprint density at radius 1 is 0.973 bits per heavy atom. The maximum Gasteiger partial charge on any atom is 0.416 e. The number of aromatic amines is 1. The van der Waals surface area contributed by atoms with Crippen molar-refractivity contribution in [3.63, 3.8) is 0 Å². The van der Waals surface area contributed by atoms with Gasteiger partial charge in [-0.1, -0.05) is 45.5 Å². The second kappa shape index (κ2) is 8.07. The number of halogens is 4. The highest BCUT2D eigenvalue weighted by molar-refractivity contribution is 9.10. The van der Waals surface area contributed by atoms with E-state index < -0.39 is 35.4 Å². The number of imide groups is 1. The van der Waals surface area contributed by atoms with Crippen LogP contribution in [-0.2, 0) is 15.8 Å². The van der Waals surface area contributed by atoms with Crippen molar-refractivity contribution >= 4 is 56.5 Å². The van der Waals surface area contributed by atoms with E-state index in [1.165, 1.54) is 23.5 Å². The van der Waals surface area contributed by atoms with Gasteiger partial charge in [-0.25, -0.2) is 0 Å². The Hall–Kier alpha value is -2.37. The molecule has 7 rings (SSSR count). The summed E-state index contributed by atoms with van der Waals surface area (Å²) in [5.74, 6) is -2.19. The average Bonchev–Trinajstić information content (AvgIpc) is 3.58. The largest absolute Gasteiger partial charge is 0.416 e. The molecule has 0 spiro atoms. The molecule has 190 valence electrons. The summed E-state index contributed by atoms with van der Waals surface area (Å²) in [7, 11) is 0. The molecule has 2 aliphatic heterocycles. The number of anilines is 1. The van der Waals surface area contributed by atoms with Gasteiger partial charge in [0, 0.05) is 20.5 Å². The van der Waals surface area contributed by atoms with E-state index in [4.69, 9.17) is 0 Å². The van der Waals surface area contributed by atoms with E-state index in [9.17, 15) is 27.6 Å². The average molecular weight is 607 g/mol. The number of nitrogens with one attached hydrogen (secondary N) is 1. The maximum atomic E-state index is 13.7. The molecule has 37 heavy (non-hydrogen) atoms. The van der Waals surface area contributed by atoms with Crippen LogP contribution >= 0.6 is 39.0 Å². The second-order valence-corrected chi connectivity index (χ2v) is 13.2. The summed E-state index contributed by atoms with van der Waals surface area (Å²) in [6.07, 6.45) is -3.85. The summed E-state index contributed by atoms with van der Waals surface area (Å²) in [4.78, 5) is 44.4. The molecule has 2 aliphatic carbocycles. The fourth-order valence-corrected chi connectivity index (χ4v) is 10.3. The van der Waals surface area contributed by atoms with E-state index in [1.54, 1.807) is 11.8 Å². The van der Waals surface area contributed by atoms with E-state index in [1.807, 2.05) is 24.3 Å². The van der Waals surface area contributed by atoms with E-state index in [2.05, 4.69) is 20.9 Å². The van der Waals surface area contributed by atoms with Gasteiger partial charge in [0.25, 0.3) is 0 Å². The molecule has 7 atom stereocenters. The predicted octanol–water partition coefficient (Wildman–Crippen LogP) is 5.90. The monoisotopic (exact) mass is 606 g/mol. The number of carbonyl (C=O) groups is 2. The fourth-order valence-electron chi connectivity index (χ4n) is 7.14. The number of amides is 2. The summed E-state index contributed by atoms with van der Waals surface area (Å²) in [5.41, 5.74) is 0.131. The smallest absolute Gasteiger partial charge is 0.307 e. The van der Waals surface area contributed by atoms with Gasteiger partial charge in [0.15, 0.2) is 0 Å². The number of benzene rings is 2. The van der Waals surface area contributed by atoms with Crippen molar-refractivity contribution in [3.8, 4) is 0 Å². The van der Waals surface area contributed by atoms with Gasteiger partial charge in [-0.2, -0.15) is 13.2 Å². The Labute approximate surface area is 225 Å². The van der Waals surface area contributed by atoms with Gasteiger partial charge in [0.2, 0.25) is 11.8 Å². The summed E-state index contributed by atoms with van der Waals surface area (Å²) in [6.45, 7) is 0. The standard InChI is InChI=1S/C26H18BrF3N2O3S2/c27-12-6-4-10(5-7-12)16-17-14-9-15(20(17)36-22-21(16)37-25(35)31-22)19-18(14)23(33)32(24(19)34)13-3-1-2-11(8-13)26(28,29)30/h1-8,14-20H,9H2,(H,31,35)/t14-,15-,16+,17+,18+,19+,20-/m1/s1. The predicted molar refractivity (Wildman–Crippen MR) is 137 cm³/mol. The molecule has 2 saturated carbocycles. The molecule has 1 saturated heterocycles. The highest BCUT2D eigenvalue weighted by Gasteiger charge is 2.69. The molecule has 4 aliphatic rings. The van der Waals surface area contributed by atoms with Crippen molar-refractivity contribution in [1.29, 1.82) is 0 Å². The molecule has 3 heterocycles. The van der Waals surface area contributed by atoms with E-state index >= 15 is 0 Å². The molecule has 1 N–H and O–H groups in total. The quantitative estimate of drug-likeness (QED) is 0.369. The van der Waals surface area contributed by atoms with Gasteiger partial charge >= 0.3 is 11.0 Å². The minimum Gasteiger partial charge on any atom is -0.307 e. The van der Waals surface area contributed by atoms with Crippen molar-refractivity contribution < 1.29 is 22.8 Å². The number of fused-ring (bicyclic) bond motifs is 9. The summed E-state index contributed by atoms with van der Waals surface area (Å²) in [5, 5.41) is 0.843. The van der Waals surface area contributed by atoms with Gasteiger partial charge in [-0.3, -0.25) is 19.3 Å². The van der Waals surface area contributed by atoms with Crippen LogP contribution in [-0.4, -0.2) is 22.0 Å². The molecular formula is C26H18BrF3N2O3S2. The van der Waals surface area contributed by atoms with Crippen molar-refractivity contribution in [2.75, 3.05) is 4.90 Å². The van der Waals surface area contributed by atoms with E-state index in [-0.39, 0.29) is 39.5 Å². The first-order valence-electron chi connectivity index (χ1n) is 11.8. The van der Waals surface area contributed by atoms with Crippen molar-refractivity contribution in [2.24, 2.45) is 29.6 Å². The van der Waals surface area contributed by atoms with Crippen LogP contribution in [0.4, 0.5) is 18.9 Å². The molecule has 3 aromatic rings. The highest BCUT2D eigenvalue weighted by Crippen LogP contribution is 2.68. The highest BCUT2D eigenvalue weighted by atomic mass is 79.9. The van der Waals surface area contributed by atoms with Crippen LogP contribution in [0.5, 0.6) is 0 Å². The molecule has 2 aromatic carbocycles. The summed E-state index contributed by atoms with van der Waals surface area (Å²) >= 11 is 6.25. The molecule has 2 amide bonds. The van der Waals surface area contributed by atoms with Crippen LogP contribution in [0.15, 0.2) is 62.8 Å². The van der Waals surface area contributed by atoms with Gasteiger partial charge in [-0.05, 0) is 60.1 Å². The number of thiazole rings is 1. The van der Waals surface area contributed by atoms with Gasteiger partial charge in [-0.15, -0.1) is 11.8 Å². The lowest BCUT2D eigenvalue weighted by molar-refractivity contribution is -0.137. The van der Waals surface area contributed by atoms with Crippen LogP contribution in [0.1, 0.15) is 28.3 Å². The van der Waals surface area contributed by atoms with Crippen LogP contribution in [0, 0.1) is 29.6 Å². The van der Waals surface area contributed by atoms with Crippen LogP contribution in [0.2, 0.25) is 0 Å². The third-order valence-corrected chi connectivity index (χ3v) is 11.5.